The van der Waals surface area contributed by atoms with E-state index in [-0.39, 0.29) is 17.4 Å². The van der Waals surface area contributed by atoms with Crippen molar-refractivity contribution in [2.45, 2.75) is 51.4 Å². The molecule has 2 unspecified atom stereocenters. The summed E-state index contributed by atoms with van der Waals surface area (Å²) in [4.78, 5) is 21.1. The molecule has 1 saturated heterocycles. The molecule has 1 amide bonds. The Labute approximate surface area is 153 Å². The van der Waals surface area contributed by atoms with Gasteiger partial charge in [-0.2, -0.15) is 0 Å². The molecule has 3 heterocycles. The molecular weight excluding hydrogens is 332 g/mol. The lowest BCUT2D eigenvalue weighted by Crippen LogP contribution is -2.36. The van der Waals surface area contributed by atoms with E-state index in [1.165, 1.54) is 12.8 Å². The van der Waals surface area contributed by atoms with Crippen molar-refractivity contribution in [1.82, 2.24) is 15.3 Å². The first-order valence-electron chi connectivity index (χ1n) is 9.79. The minimum Gasteiger partial charge on any atom is -0.376 e. The van der Waals surface area contributed by atoms with Gasteiger partial charge in [0.1, 0.15) is 12.1 Å². The highest BCUT2D eigenvalue weighted by Gasteiger charge is 2.59. The third-order valence-electron chi connectivity index (χ3n) is 6.33. The molecule has 0 spiro atoms. The van der Waals surface area contributed by atoms with E-state index in [2.05, 4.69) is 20.6 Å². The summed E-state index contributed by atoms with van der Waals surface area (Å²) in [6, 6.07) is 0. The maximum Gasteiger partial charge on any atom is 0.226 e. The van der Waals surface area contributed by atoms with E-state index >= 15 is 0 Å². The van der Waals surface area contributed by atoms with Crippen molar-refractivity contribution in [2.24, 2.45) is 17.3 Å². The lowest BCUT2D eigenvalue weighted by atomic mass is 9.98. The molecule has 2 aliphatic heterocycles. The van der Waals surface area contributed by atoms with E-state index in [9.17, 15) is 4.79 Å². The van der Waals surface area contributed by atoms with Crippen LogP contribution in [0.2, 0.25) is 0 Å². The van der Waals surface area contributed by atoms with Crippen LogP contribution in [0.1, 0.15) is 43.4 Å². The van der Waals surface area contributed by atoms with E-state index in [1.54, 1.807) is 6.33 Å². The Kier molecular flexibility index (Phi) is 4.09. The lowest BCUT2D eigenvalue weighted by Gasteiger charge is -2.16. The molecule has 1 aromatic heterocycles. The van der Waals surface area contributed by atoms with Gasteiger partial charge in [-0.3, -0.25) is 4.79 Å². The number of amides is 1. The number of aromatic nitrogens is 2. The summed E-state index contributed by atoms with van der Waals surface area (Å²) in [6.45, 7) is 3.31. The SMILES string of the molecule is O=C(NCC1COC(CNc2ncnc3c2COC3)C1)C1(C2CC2)CC1. The second-order valence-electron chi connectivity index (χ2n) is 8.22. The van der Waals surface area contributed by atoms with Crippen LogP contribution in [-0.2, 0) is 27.5 Å². The summed E-state index contributed by atoms with van der Waals surface area (Å²) in [5, 5.41) is 6.59. The average molecular weight is 358 g/mol. The van der Waals surface area contributed by atoms with Crippen molar-refractivity contribution in [3.8, 4) is 0 Å². The number of carbonyl (C=O) groups excluding carboxylic acids is 1. The number of carbonyl (C=O) groups is 1. The molecule has 3 fully saturated rings. The van der Waals surface area contributed by atoms with Crippen molar-refractivity contribution in [3.63, 3.8) is 0 Å². The number of fused-ring (bicyclic) bond motifs is 1. The molecule has 140 valence electrons. The number of ether oxygens (including phenoxy) is 2. The van der Waals surface area contributed by atoms with E-state index in [1.807, 2.05) is 0 Å². The van der Waals surface area contributed by atoms with Gasteiger partial charge in [0.2, 0.25) is 5.91 Å². The topological polar surface area (TPSA) is 85.4 Å². The van der Waals surface area contributed by atoms with Crippen LogP contribution < -0.4 is 10.6 Å². The third-order valence-corrected chi connectivity index (χ3v) is 6.33. The maximum absolute atomic E-state index is 12.5. The molecule has 0 aromatic carbocycles. The van der Waals surface area contributed by atoms with Gasteiger partial charge < -0.3 is 20.1 Å². The number of rotatable bonds is 7. The number of anilines is 1. The maximum atomic E-state index is 12.5. The highest BCUT2D eigenvalue weighted by atomic mass is 16.5. The smallest absolute Gasteiger partial charge is 0.226 e. The van der Waals surface area contributed by atoms with E-state index < -0.39 is 0 Å². The molecule has 4 aliphatic rings. The highest BCUT2D eigenvalue weighted by Crippen LogP contribution is 2.61. The van der Waals surface area contributed by atoms with E-state index in [0.717, 1.165) is 49.4 Å². The van der Waals surface area contributed by atoms with Gasteiger partial charge in [-0.25, -0.2) is 9.97 Å². The summed E-state index contributed by atoms with van der Waals surface area (Å²) in [6.07, 6.45) is 7.36. The van der Waals surface area contributed by atoms with Crippen LogP contribution in [0.4, 0.5) is 5.82 Å². The summed E-state index contributed by atoms with van der Waals surface area (Å²) in [5.74, 6) is 2.21. The van der Waals surface area contributed by atoms with Gasteiger partial charge in [0, 0.05) is 24.6 Å². The Hall–Kier alpha value is -1.73. The number of nitrogens with one attached hydrogen (secondary N) is 2. The van der Waals surface area contributed by atoms with Gasteiger partial charge in [0.15, 0.2) is 0 Å². The van der Waals surface area contributed by atoms with Gasteiger partial charge >= 0.3 is 0 Å². The van der Waals surface area contributed by atoms with Crippen LogP contribution >= 0.6 is 0 Å². The minimum absolute atomic E-state index is 0.00980. The quantitative estimate of drug-likeness (QED) is 0.771. The van der Waals surface area contributed by atoms with Crippen LogP contribution in [0.15, 0.2) is 6.33 Å². The Morgan fingerprint density at radius 2 is 2.12 bits per heavy atom. The molecule has 5 rings (SSSR count). The Morgan fingerprint density at radius 1 is 1.23 bits per heavy atom. The first-order chi connectivity index (χ1) is 12.7. The predicted octanol–water partition coefficient (Wildman–Crippen LogP) is 1.63. The molecule has 2 atom stereocenters. The number of hydrogen-bond acceptors (Lipinski definition) is 6. The van der Waals surface area contributed by atoms with Crippen molar-refractivity contribution in [3.05, 3.63) is 17.6 Å². The average Bonchev–Trinajstić information content (AvgIpc) is 3.56. The van der Waals surface area contributed by atoms with Crippen LogP contribution in [-0.4, -0.2) is 41.7 Å². The molecule has 7 heteroatoms. The molecule has 2 aliphatic carbocycles. The monoisotopic (exact) mass is 358 g/mol. The third kappa shape index (κ3) is 3.07. The Bertz CT molecular complexity index is 702. The largest absolute Gasteiger partial charge is 0.376 e. The zero-order valence-corrected chi connectivity index (χ0v) is 15.0. The molecular formula is C19H26N4O3. The minimum atomic E-state index is 0.00980. The van der Waals surface area contributed by atoms with E-state index in [4.69, 9.17) is 9.47 Å². The van der Waals surface area contributed by atoms with Crippen molar-refractivity contribution in [1.29, 1.82) is 0 Å². The first kappa shape index (κ1) is 16.4. The Balaban J connectivity index is 1.08. The fourth-order valence-electron chi connectivity index (χ4n) is 4.41. The van der Waals surface area contributed by atoms with Crippen LogP contribution in [0.3, 0.4) is 0 Å². The van der Waals surface area contributed by atoms with Gasteiger partial charge in [0.25, 0.3) is 0 Å². The summed E-state index contributed by atoms with van der Waals surface area (Å²) >= 11 is 0. The highest BCUT2D eigenvalue weighted by molar-refractivity contribution is 5.86. The zero-order valence-electron chi connectivity index (χ0n) is 15.0. The van der Waals surface area contributed by atoms with Crippen molar-refractivity contribution in [2.75, 3.05) is 25.0 Å². The molecule has 1 aromatic rings. The summed E-state index contributed by atoms with van der Waals surface area (Å²) in [7, 11) is 0. The first-order valence-corrected chi connectivity index (χ1v) is 9.79. The second kappa shape index (κ2) is 6.46. The number of hydrogen-bond donors (Lipinski definition) is 2. The standard InChI is InChI=1S/C19H26N4O3/c24-18(19(3-4-19)13-1-2-13)21-6-12-5-14(26-8-12)7-20-17-15-9-25-10-16(15)22-11-23-17/h11-14H,1-10H2,(H,21,24)(H,20,22,23). The molecule has 26 heavy (non-hydrogen) atoms. The number of nitrogens with zero attached hydrogens (tertiary/aromatic N) is 2. The normalized spacial score (nSPS) is 28.6. The van der Waals surface area contributed by atoms with Crippen LogP contribution in [0.5, 0.6) is 0 Å². The molecule has 2 saturated carbocycles. The second-order valence-corrected chi connectivity index (χ2v) is 8.22. The van der Waals surface area contributed by atoms with Crippen LogP contribution in [0.25, 0.3) is 0 Å². The van der Waals surface area contributed by atoms with Gasteiger partial charge in [0.05, 0.1) is 37.0 Å². The molecule has 7 nitrogen and oxygen atoms in total. The summed E-state index contributed by atoms with van der Waals surface area (Å²) < 4.78 is 11.4. The zero-order chi connectivity index (χ0) is 17.6. The lowest BCUT2D eigenvalue weighted by molar-refractivity contribution is -0.127. The van der Waals surface area contributed by atoms with Crippen molar-refractivity contribution < 1.29 is 14.3 Å². The van der Waals surface area contributed by atoms with Crippen molar-refractivity contribution >= 4 is 11.7 Å². The fourth-order valence-corrected chi connectivity index (χ4v) is 4.41. The summed E-state index contributed by atoms with van der Waals surface area (Å²) in [5.41, 5.74) is 2.04. The van der Waals surface area contributed by atoms with E-state index in [0.29, 0.717) is 31.7 Å². The van der Waals surface area contributed by atoms with Gasteiger partial charge in [-0.1, -0.05) is 0 Å². The predicted molar refractivity (Wildman–Crippen MR) is 94.3 cm³/mol. The Morgan fingerprint density at radius 3 is 2.92 bits per heavy atom. The van der Waals surface area contributed by atoms with Crippen LogP contribution in [0, 0.1) is 17.3 Å². The van der Waals surface area contributed by atoms with Gasteiger partial charge in [-0.05, 0) is 38.0 Å². The van der Waals surface area contributed by atoms with Gasteiger partial charge in [-0.15, -0.1) is 0 Å². The molecule has 0 radical (unpaired) electrons. The molecule has 2 N–H and O–H groups in total. The fraction of sp³-hybridized carbons (Fsp3) is 0.737. The molecule has 0 bridgehead atoms.